The van der Waals surface area contributed by atoms with Crippen molar-refractivity contribution in [3.8, 4) is 5.75 Å². The molecule has 8 nitrogen and oxygen atoms in total. The summed E-state index contributed by atoms with van der Waals surface area (Å²) in [7, 11) is 0. The molecule has 6 atom stereocenters. The molecule has 4 aliphatic rings. The van der Waals surface area contributed by atoms with Crippen LogP contribution in [0.5, 0.6) is 5.75 Å². The number of hydrazine groups is 1. The molecule has 2 N–H and O–H groups in total. The summed E-state index contributed by atoms with van der Waals surface area (Å²) in [5, 5.41) is 13.0. The molecule has 4 amide bonds. The van der Waals surface area contributed by atoms with E-state index in [0.29, 0.717) is 27.5 Å². The first-order valence-electron chi connectivity index (χ1n) is 16.5. The van der Waals surface area contributed by atoms with E-state index in [9.17, 15) is 19.5 Å². The number of amides is 4. The molecule has 0 radical (unpaired) electrons. The lowest BCUT2D eigenvalue weighted by Gasteiger charge is -2.50. The van der Waals surface area contributed by atoms with Crippen molar-refractivity contribution < 1.29 is 24.3 Å². The summed E-state index contributed by atoms with van der Waals surface area (Å²) in [6, 6.07) is 28.7. The number of hydrogen-bond donors (Lipinski definition) is 2. The first kappa shape index (κ1) is 31.1. The maximum Gasteiger partial charge on any atom is 0.260 e. The predicted molar refractivity (Wildman–Crippen MR) is 186 cm³/mol. The van der Waals surface area contributed by atoms with Gasteiger partial charge in [0.1, 0.15) is 5.75 Å². The lowest BCUT2D eigenvalue weighted by molar-refractivity contribution is -0.138. The van der Waals surface area contributed by atoms with Gasteiger partial charge in [-0.25, -0.2) is 4.90 Å². The molecule has 6 unspecified atom stereocenters. The molecule has 2 heterocycles. The van der Waals surface area contributed by atoms with Gasteiger partial charge in [0.2, 0.25) is 11.8 Å². The second-order valence-corrected chi connectivity index (χ2v) is 14.0. The van der Waals surface area contributed by atoms with Gasteiger partial charge in [-0.2, -0.15) is 5.01 Å². The Labute approximate surface area is 289 Å². The van der Waals surface area contributed by atoms with E-state index in [1.807, 2.05) is 74.5 Å². The molecule has 0 spiro atoms. The van der Waals surface area contributed by atoms with Crippen molar-refractivity contribution in [3.63, 3.8) is 0 Å². The number of aryl methyl sites for hydroxylation is 2. The molecule has 8 rings (SSSR count). The molecule has 0 aromatic heterocycles. The van der Waals surface area contributed by atoms with Crippen molar-refractivity contribution in [2.75, 3.05) is 10.3 Å². The molecule has 9 heteroatoms. The van der Waals surface area contributed by atoms with E-state index in [4.69, 9.17) is 11.6 Å². The van der Waals surface area contributed by atoms with Gasteiger partial charge < -0.3 is 5.11 Å². The molecule has 4 aromatic carbocycles. The number of rotatable bonds is 5. The second-order valence-electron chi connectivity index (χ2n) is 13.6. The van der Waals surface area contributed by atoms with Crippen LogP contribution >= 0.6 is 11.6 Å². The molecular weight excluding hydrogens is 638 g/mol. The fraction of sp³-hybridized carbons (Fsp3) is 0.250. The van der Waals surface area contributed by atoms with Crippen LogP contribution in [0.2, 0.25) is 5.02 Å². The van der Waals surface area contributed by atoms with E-state index in [-0.39, 0.29) is 30.4 Å². The first-order valence-corrected chi connectivity index (χ1v) is 16.9. The lowest BCUT2D eigenvalue weighted by Crippen LogP contribution is -2.53. The van der Waals surface area contributed by atoms with Crippen molar-refractivity contribution in [2.45, 2.75) is 38.0 Å². The predicted octanol–water partition coefficient (Wildman–Crippen LogP) is 6.85. The van der Waals surface area contributed by atoms with Crippen molar-refractivity contribution in [3.05, 3.63) is 136 Å². The smallest absolute Gasteiger partial charge is 0.260 e. The summed E-state index contributed by atoms with van der Waals surface area (Å²) in [5.41, 5.74) is 6.42. The highest BCUT2D eigenvalue weighted by molar-refractivity contribution is 6.32. The molecule has 0 bridgehead atoms. The number of imide groups is 2. The third-order valence-electron chi connectivity index (χ3n) is 11.1. The first-order chi connectivity index (χ1) is 23.6. The van der Waals surface area contributed by atoms with Gasteiger partial charge in [-0.3, -0.25) is 24.6 Å². The van der Waals surface area contributed by atoms with Crippen LogP contribution in [-0.4, -0.2) is 33.7 Å². The highest BCUT2D eigenvalue weighted by Crippen LogP contribution is 2.65. The molecule has 49 heavy (non-hydrogen) atoms. The van der Waals surface area contributed by atoms with Gasteiger partial charge in [0, 0.05) is 16.5 Å². The average Bonchev–Trinajstić information content (AvgIpc) is 3.48. The van der Waals surface area contributed by atoms with Gasteiger partial charge in [0.15, 0.2) is 0 Å². The molecule has 4 aromatic rings. The third-order valence-corrected chi connectivity index (χ3v) is 11.5. The zero-order valence-electron chi connectivity index (χ0n) is 27.0. The number of phenols is 1. The lowest BCUT2D eigenvalue weighted by atomic mass is 9.49. The van der Waals surface area contributed by atoms with Crippen molar-refractivity contribution in [2.24, 2.45) is 23.7 Å². The number of carbonyl (C=O) groups is 4. The molecule has 2 saturated heterocycles. The molecule has 2 aliphatic heterocycles. The molecular formula is C40H34ClN3O5. The van der Waals surface area contributed by atoms with E-state index < -0.39 is 46.8 Å². The van der Waals surface area contributed by atoms with Crippen LogP contribution in [0.15, 0.2) is 109 Å². The average molecular weight is 672 g/mol. The molecule has 246 valence electrons. The maximum atomic E-state index is 15.1. The summed E-state index contributed by atoms with van der Waals surface area (Å²) in [6.45, 7) is 3.81. The van der Waals surface area contributed by atoms with E-state index >= 15 is 4.79 Å². The van der Waals surface area contributed by atoms with Gasteiger partial charge in [-0.15, -0.1) is 0 Å². The van der Waals surface area contributed by atoms with Crippen molar-refractivity contribution in [1.82, 2.24) is 5.01 Å². The SMILES string of the molecule is Cc1ccc(NN2C(=O)C3CC4C(=CCC5C(=O)N(c6ccc(C)c(Cl)c6)C(=O)C54)C(c4ccccc4O)C3(c3ccccc3)C2=O)cc1. The number of hydrogen-bond acceptors (Lipinski definition) is 6. The molecule has 1 saturated carbocycles. The Morgan fingerprint density at radius 2 is 1.53 bits per heavy atom. The Morgan fingerprint density at radius 1 is 0.816 bits per heavy atom. The van der Waals surface area contributed by atoms with E-state index in [2.05, 4.69) is 5.43 Å². The van der Waals surface area contributed by atoms with Crippen LogP contribution in [0.1, 0.15) is 41.0 Å². The number of nitrogens with one attached hydrogen (secondary N) is 1. The fourth-order valence-corrected chi connectivity index (χ4v) is 8.97. The fourth-order valence-electron chi connectivity index (χ4n) is 8.80. The van der Waals surface area contributed by atoms with Crippen LogP contribution < -0.4 is 10.3 Å². The van der Waals surface area contributed by atoms with Crippen molar-refractivity contribution in [1.29, 1.82) is 0 Å². The molecule has 3 fully saturated rings. The zero-order chi connectivity index (χ0) is 34.2. The van der Waals surface area contributed by atoms with Gasteiger partial charge in [0.25, 0.3) is 11.8 Å². The summed E-state index contributed by atoms with van der Waals surface area (Å²) in [4.78, 5) is 59.5. The summed E-state index contributed by atoms with van der Waals surface area (Å²) in [5.74, 6) is -5.15. The number of para-hydroxylation sites is 1. The number of nitrogens with zero attached hydrogens (tertiary/aromatic N) is 2. The number of halogens is 1. The van der Waals surface area contributed by atoms with Crippen LogP contribution in [0.25, 0.3) is 0 Å². The number of benzene rings is 4. The third kappa shape index (κ3) is 4.50. The number of anilines is 2. The maximum absolute atomic E-state index is 15.1. The number of fused-ring (bicyclic) bond motifs is 4. The highest BCUT2D eigenvalue weighted by atomic mass is 35.5. The monoisotopic (exact) mass is 671 g/mol. The minimum Gasteiger partial charge on any atom is -0.508 e. The normalized spacial score (nSPS) is 27.5. The Hall–Kier alpha value is -5.21. The van der Waals surface area contributed by atoms with Gasteiger partial charge in [-0.1, -0.05) is 95.5 Å². The zero-order valence-corrected chi connectivity index (χ0v) is 27.7. The number of carbonyl (C=O) groups excluding carboxylic acids is 4. The summed E-state index contributed by atoms with van der Waals surface area (Å²) >= 11 is 6.43. The van der Waals surface area contributed by atoms with Gasteiger partial charge >= 0.3 is 0 Å². The largest absolute Gasteiger partial charge is 0.508 e. The second kappa shape index (κ2) is 11.4. The standard InChI is InChI=1S/C40H34ClN3O5/c1-22-12-15-25(16-13-22)42-44-37(47)31-21-30-27(18-19-29-34(30)38(48)43(36(29)46)26-17-14-23(2)32(41)20-26)35(28-10-6-7-11-33(28)45)40(31,39(44)49)24-8-4-3-5-9-24/h3-18,20,29-31,34-35,42,45H,19,21H2,1-2H3. The molecule has 2 aliphatic carbocycles. The van der Waals surface area contributed by atoms with E-state index in [0.717, 1.165) is 21.7 Å². The van der Waals surface area contributed by atoms with Gasteiger partial charge in [-0.05, 0) is 74.1 Å². The highest BCUT2D eigenvalue weighted by Gasteiger charge is 2.70. The number of phenolic OH excluding ortho intramolecular Hbond substituents is 1. The van der Waals surface area contributed by atoms with E-state index in [1.165, 1.54) is 4.90 Å². The van der Waals surface area contributed by atoms with Crippen LogP contribution in [0.4, 0.5) is 11.4 Å². The van der Waals surface area contributed by atoms with Crippen LogP contribution in [0, 0.1) is 37.5 Å². The van der Waals surface area contributed by atoms with Crippen LogP contribution in [-0.2, 0) is 24.6 Å². The quantitative estimate of drug-likeness (QED) is 0.178. The summed E-state index contributed by atoms with van der Waals surface area (Å²) < 4.78 is 0. The number of aromatic hydroxyl groups is 1. The Bertz CT molecular complexity index is 2080. The number of allylic oxidation sites excluding steroid dienone is 2. The topological polar surface area (TPSA) is 107 Å². The van der Waals surface area contributed by atoms with Crippen LogP contribution in [0.3, 0.4) is 0 Å². The minimum atomic E-state index is -1.44. The van der Waals surface area contributed by atoms with Crippen molar-refractivity contribution >= 4 is 46.6 Å². The van der Waals surface area contributed by atoms with Gasteiger partial charge in [0.05, 0.1) is 34.5 Å². The van der Waals surface area contributed by atoms with E-state index in [1.54, 1.807) is 42.5 Å². The summed E-state index contributed by atoms with van der Waals surface area (Å²) in [6.07, 6.45) is 2.43. The minimum absolute atomic E-state index is 0.0137. The Kier molecular flexibility index (Phi) is 7.26. The Balaban J connectivity index is 1.31. The Morgan fingerprint density at radius 3 is 2.24 bits per heavy atom.